The van der Waals surface area contributed by atoms with Gasteiger partial charge in [0.15, 0.2) is 5.69 Å². The van der Waals surface area contributed by atoms with Crippen LogP contribution in [0.3, 0.4) is 0 Å². The highest BCUT2D eigenvalue weighted by Crippen LogP contribution is 2.27. The van der Waals surface area contributed by atoms with Gasteiger partial charge >= 0.3 is 0 Å². The smallest absolute Gasteiger partial charge is 0.279 e. The van der Waals surface area contributed by atoms with Gasteiger partial charge in [-0.2, -0.15) is 5.10 Å². The standard InChI is InChI=1S/C25H29N7O/c1-30(2)15-17-8-20(13-26-11-17)19-6-7-23-22(10-19)24(29-28-23)25(33)32(5)21-9-18(12-27-14-21)16-31(3)4/h6-14H,15-16H2,1-5H3,(H,28,29). The summed E-state index contributed by atoms with van der Waals surface area (Å²) in [5, 5.41) is 8.10. The molecule has 8 nitrogen and oxygen atoms in total. The molecule has 1 N–H and O–H groups in total. The second-order valence-corrected chi connectivity index (χ2v) is 8.81. The minimum absolute atomic E-state index is 0.193. The molecule has 1 aromatic carbocycles. The second-order valence-electron chi connectivity index (χ2n) is 8.81. The molecule has 0 spiro atoms. The summed E-state index contributed by atoms with van der Waals surface area (Å²) in [5.41, 5.74) is 6.08. The van der Waals surface area contributed by atoms with Crippen LogP contribution in [0.5, 0.6) is 0 Å². The number of aromatic amines is 1. The number of hydrogen-bond donors (Lipinski definition) is 1. The number of aromatic nitrogens is 4. The van der Waals surface area contributed by atoms with Crippen molar-refractivity contribution in [3.8, 4) is 11.1 Å². The number of amides is 1. The van der Waals surface area contributed by atoms with Crippen LogP contribution in [-0.2, 0) is 13.1 Å². The molecule has 0 radical (unpaired) electrons. The third-order valence-electron chi connectivity index (χ3n) is 5.36. The summed E-state index contributed by atoms with van der Waals surface area (Å²) >= 11 is 0. The van der Waals surface area contributed by atoms with Crippen molar-refractivity contribution in [3.05, 3.63) is 71.9 Å². The normalized spacial score (nSPS) is 11.5. The quantitative estimate of drug-likeness (QED) is 0.471. The van der Waals surface area contributed by atoms with E-state index in [1.54, 1.807) is 18.1 Å². The molecule has 0 aliphatic carbocycles. The highest BCUT2D eigenvalue weighted by Gasteiger charge is 2.20. The number of hydrogen-bond acceptors (Lipinski definition) is 6. The van der Waals surface area contributed by atoms with Gasteiger partial charge in [0.25, 0.3) is 5.91 Å². The number of carbonyl (C=O) groups excluding carboxylic acids is 1. The van der Waals surface area contributed by atoms with Crippen molar-refractivity contribution in [2.45, 2.75) is 13.1 Å². The van der Waals surface area contributed by atoms with Crippen LogP contribution in [0.2, 0.25) is 0 Å². The number of nitrogens with zero attached hydrogens (tertiary/aromatic N) is 6. The molecule has 33 heavy (non-hydrogen) atoms. The van der Waals surface area contributed by atoms with Gasteiger partial charge in [0, 0.05) is 49.7 Å². The lowest BCUT2D eigenvalue weighted by Gasteiger charge is -2.18. The Balaban J connectivity index is 1.66. The molecule has 0 aliphatic heterocycles. The minimum atomic E-state index is -0.193. The Morgan fingerprint density at radius 2 is 1.48 bits per heavy atom. The summed E-state index contributed by atoms with van der Waals surface area (Å²) in [6.07, 6.45) is 7.23. The maximum atomic E-state index is 13.4. The second kappa shape index (κ2) is 9.48. The van der Waals surface area contributed by atoms with E-state index in [0.29, 0.717) is 5.69 Å². The van der Waals surface area contributed by atoms with Crippen molar-refractivity contribution >= 4 is 22.5 Å². The van der Waals surface area contributed by atoms with E-state index in [0.717, 1.165) is 51.9 Å². The molecule has 4 aromatic rings. The molecular weight excluding hydrogens is 414 g/mol. The first kappa shape index (κ1) is 22.6. The summed E-state index contributed by atoms with van der Waals surface area (Å²) in [5.74, 6) is -0.193. The summed E-state index contributed by atoms with van der Waals surface area (Å²) < 4.78 is 0. The maximum Gasteiger partial charge on any atom is 0.279 e. The van der Waals surface area contributed by atoms with Gasteiger partial charge in [0.1, 0.15) is 0 Å². The molecule has 0 aliphatic rings. The Labute approximate surface area is 193 Å². The van der Waals surface area contributed by atoms with E-state index in [9.17, 15) is 4.79 Å². The molecule has 8 heteroatoms. The fourth-order valence-electron chi connectivity index (χ4n) is 3.84. The zero-order valence-corrected chi connectivity index (χ0v) is 19.7. The van der Waals surface area contributed by atoms with Gasteiger partial charge in [-0.05, 0) is 69.1 Å². The number of carbonyl (C=O) groups is 1. The Hall–Kier alpha value is -3.62. The van der Waals surface area contributed by atoms with Crippen molar-refractivity contribution in [2.24, 2.45) is 0 Å². The van der Waals surface area contributed by atoms with Gasteiger partial charge in [-0.15, -0.1) is 0 Å². The van der Waals surface area contributed by atoms with Crippen molar-refractivity contribution in [1.82, 2.24) is 30.0 Å². The molecule has 1 amide bonds. The molecule has 4 rings (SSSR count). The molecule has 3 aromatic heterocycles. The molecule has 170 valence electrons. The van der Waals surface area contributed by atoms with Crippen LogP contribution < -0.4 is 4.90 Å². The monoisotopic (exact) mass is 443 g/mol. The van der Waals surface area contributed by atoms with Crippen molar-refractivity contribution in [1.29, 1.82) is 0 Å². The van der Waals surface area contributed by atoms with E-state index in [1.165, 1.54) is 0 Å². The van der Waals surface area contributed by atoms with E-state index < -0.39 is 0 Å². The first-order chi connectivity index (χ1) is 15.8. The number of pyridine rings is 2. The fraction of sp³-hybridized carbons (Fsp3) is 0.280. The molecular formula is C25H29N7O. The summed E-state index contributed by atoms with van der Waals surface area (Å²) in [6.45, 7) is 1.56. The van der Waals surface area contributed by atoms with E-state index in [2.05, 4.69) is 36.0 Å². The number of benzene rings is 1. The number of rotatable bonds is 7. The van der Waals surface area contributed by atoms with E-state index in [4.69, 9.17) is 0 Å². The van der Waals surface area contributed by atoms with Crippen LogP contribution in [0.4, 0.5) is 5.69 Å². The third-order valence-corrected chi connectivity index (χ3v) is 5.36. The van der Waals surface area contributed by atoms with Gasteiger partial charge < -0.3 is 14.7 Å². The van der Waals surface area contributed by atoms with Crippen LogP contribution in [0.15, 0.2) is 55.1 Å². The first-order valence-electron chi connectivity index (χ1n) is 10.8. The van der Waals surface area contributed by atoms with Gasteiger partial charge in [-0.3, -0.25) is 19.9 Å². The predicted molar refractivity (Wildman–Crippen MR) is 131 cm³/mol. The highest BCUT2D eigenvalue weighted by molar-refractivity contribution is 6.12. The molecule has 0 saturated heterocycles. The Bertz CT molecular complexity index is 1280. The van der Waals surface area contributed by atoms with E-state index in [-0.39, 0.29) is 5.91 Å². The van der Waals surface area contributed by atoms with Crippen molar-refractivity contribution in [2.75, 3.05) is 40.1 Å². The van der Waals surface area contributed by atoms with E-state index in [1.807, 2.05) is 71.0 Å². The lowest BCUT2D eigenvalue weighted by atomic mass is 10.0. The zero-order valence-electron chi connectivity index (χ0n) is 19.7. The average molecular weight is 444 g/mol. The molecule has 0 atom stereocenters. The zero-order chi connectivity index (χ0) is 23.5. The van der Waals surface area contributed by atoms with E-state index >= 15 is 0 Å². The minimum Gasteiger partial charge on any atom is -0.308 e. The van der Waals surface area contributed by atoms with Crippen molar-refractivity contribution < 1.29 is 4.79 Å². The number of anilines is 1. The van der Waals surface area contributed by atoms with Gasteiger partial charge in [-0.1, -0.05) is 6.07 Å². The van der Waals surface area contributed by atoms with Crippen LogP contribution in [-0.4, -0.2) is 71.1 Å². The number of nitrogens with one attached hydrogen (secondary N) is 1. The maximum absolute atomic E-state index is 13.4. The van der Waals surface area contributed by atoms with Crippen molar-refractivity contribution in [3.63, 3.8) is 0 Å². The largest absolute Gasteiger partial charge is 0.308 e. The van der Waals surface area contributed by atoms with Crippen LogP contribution >= 0.6 is 0 Å². The number of fused-ring (bicyclic) bond motifs is 1. The van der Waals surface area contributed by atoms with Gasteiger partial charge in [-0.25, -0.2) is 0 Å². The Kier molecular flexibility index (Phi) is 6.48. The molecule has 0 unspecified atom stereocenters. The Morgan fingerprint density at radius 1 is 0.818 bits per heavy atom. The van der Waals surface area contributed by atoms with Gasteiger partial charge in [0.2, 0.25) is 0 Å². The van der Waals surface area contributed by atoms with Gasteiger partial charge in [0.05, 0.1) is 17.4 Å². The van der Waals surface area contributed by atoms with Crippen LogP contribution in [0.25, 0.3) is 22.0 Å². The molecule has 0 fully saturated rings. The SMILES string of the molecule is CN(C)Cc1cncc(-c2ccc3[nH]nc(C(=O)N(C)c4cncc(CN(C)C)c4)c3c2)c1. The topological polar surface area (TPSA) is 81.2 Å². The summed E-state index contributed by atoms with van der Waals surface area (Å²) in [7, 11) is 9.81. The van der Waals surface area contributed by atoms with Crippen LogP contribution in [0, 0.1) is 0 Å². The lowest BCUT2D eigenvalue weighted by Crippen LogP contribution is -2.27. The molecule has 0 bridgehead atoms. The predicted octanol–water partition coefficient (Wildman–Crippen LogP) is 3.42. The third kappa shape index (κ3) is 5.08. The molecule has 3 heterocycles. The highest BCUT2D eigenvalue weighted by atomic mass is 16.2. The van der Waals surface area contributed by atoms with Crippen LogP contribution in [0.1, 0.15) is 21.6 Å². The lowest BCUT2D eigenvalue weighted by molar-refractivity contribution is 0.0989. The average Bonchev–Trinajstić information content (AvgIpc) is 3.21. The number of H-pyrrole nitrogens is 1. The first-order valence-corrected chi connectivity index (χ1v) is 10.8. The Morgan fingerprint density at radius 3 is 2.18 bits per heavy atom. The summed E-state index contributed by atoms with van der Waals surface area (Å²) in [6, 6.07) is 10.1. The fourth-order valence-corrected chi connectivity index (χ4v) is 3.84. The summed E-state index contributed by atoms with van der Waals surface area (Å²) in [4.78, 5) is 27.8. The molecule has 0 saturated carbocycles.